The van der Waals surface area contributed by atoms with Crippen LogP contribution in [0.15, 0.2) is 29.8 Å². The number of nitrogens with zero attached hydrogens (tertiary/aromatic N) is 3. The van der Waals surface area contributed by atoms with Crippen molar-refractivity contribution in [2.75, 3.05) is 11.9 Å². The van der Waals surface area contributed by atoms with Crippen molar-refractivity contribution in [3.8, 4) is 0 Å². The van der Waals surface area contributed by atoms with Crippen molar-refractivity contribution in [1.82, 2.24) is 20.4 Å². The first-order valence-electron chi connectivity index (χ1n) is 6.86. The number of benzene rings is 1. The number of imide groups is 1. The Labute approximate surface area is 139 Å². The molecule has 1 atom stereocenters. The third-order valence-corrected chi connectivity index (χ3v) is 4.21. The molecule has 1 fully saturated rings. The Morgan fingerprint density at radius 2 is 2.08 bits per heavy atom. The summed E-state index contributed by atoms with van der Waals surface area (Å²) in [5, 5.41) is 12.5. The summed E-state index contributed by atoms with van der Waals surface area (Å²) < 4.78 is 13.1. The van der Waals surface area contributed by atoms with E-state index in [0.717, 1.165) is 16.2 Å². The Morgan fingerprint density at radius 1 is 1.38 bits per heavy atom. The zero-order valence-corrected chi connectivity index (χ0v) is 13.3. The average molecular weight is 349 g/mol. The predicted octanol–water partition coefficient (Wildman–Crippen LogP) is 1.08. The first-order chi connectivity index (χ1) is 11.4. The Kier molecular flexibility index (Phi) is 3.97. The molecule has 2 aromatic rings. The van der Waals surface area contributed by atoms with E-state index in [2.05, 4.69) is 20.8 Å². The predicted molar refractivity (Wildman–Crippen MR) is 82.5 cm³/mol. The summed E-state index contributed by atoms with van der Waals surface area (Å²) in [7, 11) is 0. The Balaban J connectivity index is 1.76. The highest BCUT2D eigenvalue weighted by Crippen LogP contribution is 2.28. The number of anilines is 1. The average Bonchev–Trinajstić information content (AvgIpc) is 3.11. The van der Waals surface area contributed by atoms with E-state index >= 15 is 0 Å². The zero-order valence-electron chi connectivity index (χ0n) is 12.4. The van der Waals surface area contributed by atoms with E-state index < -0.39 is 35.7 Å². The van der Waals surface area contributed by atoms with Crippen LogP contribution in [0.5, 0.6) is 0 Å². The van der Waals surface area contributed by atoms with Gasteiger partial charge < -0.3 is 5.32 Å². The lowest BCUT2D eigenvalue weighted by atomic mass is 9.92. The molecule has 1 saturated heterocycles. The Hall–Kier alpha value is -2.88. The largest absolute Gasteiger partial charge is 0.325 e. The molecule has 10 heteroatoms. The maximum Gasteiger partial charge on any atom is 0.325 e. The van der Waals surface area contributed by atoms with Crippen LogP contribution in [-0.2, 0) is 15.1 Å². The van der Waals surface area contributed by atoms with E-state index in [9.17, 15) is 18.8 Å². The van der Waals surface area contributed by atoms with Crippen molar-refractivity contribution in [1.29, 1.82) is 0 Å². The van der Waals surface area contributed by atoms with Gasteiger partial charge in [0, 0.05) is 0 Å². The van der Waals surface area contributed by atoms with Crippen molar-refractivity contribution in [3.63, 3.8) is 0 Å². The molecule has 1 aliphatic rings. The number of carbonyl (C=O) groups excluding carboxylic acids is 3. The summed E-state index contributed by atoms with van der Waals surface area (Å²) in [4.78, 5) is 37.5. The minimum absolute atomic E-state index is 0.272. The smallest absolute Gasteiger partial charge is 0.319 e. The van der Waals surface area contributed by atoms with Crippen LogP contribution >= 0.6 is 11.3 Å². The molecule has 1 aromatic heterocycles. The zero-order chi connectivity index (χ0) is 17.3. The third kappa shape index (κ3) is 2.83. The summed E-state index contributed by atoms with van der Waals surface area (Å²) in [6, 6.07) is 4.53. The lowest BCUT2D eigenvalue weighted by Crippen LogP contribution is -2.42. The maximum atomic E-state index is 13.1. The fourth-order valence-electron chi connectivity index (χ4n) is 2.35. The number of urea groups is 1. The molecule has 0 bridgehead atoms. The van der Waals surface area contributed by atoms with Gasteiger partial charge in [-0.15, -0.1) is 10.2 Å². The first kappa shape index (κ1) is 16.0. The highest BCUT2D eigenvalue weighted by atomic mass is 32.1. The van der Waals surface area contributed by atoms with Crippen molar-refractivity contribution < 1.29 is 18.8 Å². The lowest BCUT2D eigenvalue weighted by Gasteiger charge is -2.22. The molecule has 2 heterocycles. The molecule has 1 aliphatic heterocycles. The highest BCUT2D eigenvalue weighted by molar-refractivity contribution is 7.13. The van der Waals surface area contributed by atoms with Crippen LogP contribution in [-0.4, -0.2) is 39.5 Å². The number of amides is 4. The van der Waals surface area contributed by atoms with Gasteiger partial charge in [0.2, 0.25) is 11.0 Å². The second-order valence-corrected chi connectivity index (χ2v) is 6.08. The van der Waals surface area contributed by atoms with Gasteiger partial charge in [0.1, 0.15) is 23.4 Å². The van der Waals surface area contributed by atoms with E-state index in [1.807, 2.05) is 0 Å². The molecule has 8 nitrogen and oxygen atoms in total. The van der Waals surface area contributed by atoms with Crippen molar-refractivity contribution in [2.45, 2.75) is 12.5 Å². The minimum atomic E-state index is -1.35. The fourth-order valence-corrected chi connectivity index (χ4v) is 2.81. The number of hydrogen-bond acceptors (Lipinski definition) is 6. The van der Waals surface area contributed by atoms with Gasteiger partial charge in [-0.3, -0.25) is 19.8 Å². The van der Waals surface area contributed by atoms with Gasteiger partial charge in [-0.05, 0) is 24.6 Å². The molecule has 4 amide bonds. The maximum absolute atomic E-state index is 13.1. The van der Waals surface area contributed by atoms with Gasteiger partial charge in [-0.25, -0.2) is 9.18 Å². The molecule has 1 aromatic carbocycles. The standard InChI is InChI=1S/C14H12FN5O3S/c1-14(8-2-4-9(15)5-3-8)11(22)20(13(23)18-14)6-10(21)17-12-19-16-7-24-12/h2-5,7H,6H2,1H3,(H,18,23)(H,17,19,21)/t14-/m0/s1. The molecule has 3 rings (SSSR count). The van der Waals surface area contributed by atoms with Gasteiger partial charge in [0.05, 0.1) is 0 Å². The number of hydrogen-bond donors (Lipinski definition) is 2. The van der Waals surface area contributed by atoms with Crippen molar-refractivity contribution >= 4 is 34.3 Å². The van der Waals surface area contributed by atoms with Crippen molar-refractivity contribution in [2.24, 2.45) is 0 Å². The quantitative estimate of drug-likeness (QED) is 0.804. The number of carbonyl (C=O) groups is 3. The van der Waals surface area contributed by atoms with Gasteiger partial charge in [0.25, 0.3) is 5.91 Å². The number of nitrogens with one attached hydrogen (secondary N) is 2. The van der Waals surface area contributed by atoms with Crippen LogP contribution in [0.4, 0.5) is 14.3 Å². The summed E-state index contributed by atoms with van der Waals surface area (Å²) >= 11 is 1.12. The van der Waals surface area contributed by atoms with Gasteiger partial charge in [0.15, 0.2) is 0 Å². The summed E-state index contributed by atoms with van der Waals surface area (Å²) in [5.41, 5.74) is 0.511. The van der Waals surface area contributed by atoms with Crippen LogP contribution in [0.3, 0.4) is 0 Å². The molecule has 124 valence electrons. The van der Waals surface area contributed by atoms with Gasteiger partial charge in [-0.1, -0.05) is 23.5 Å². The molecular weight excluding hydrogens is 337 g/mol. The molecule has 0 saturated carbocycles. The van der Waals surface area contributed by atoms with Gasteiger partial charge in [-0.2, -0.15) is 0 Å². The number of rotatable bonds is 4. The fraction of sp³-hybridized carbons (Fsp3) is 0.214. The highest BCUT2D eigenvalue weighted by Gasteiger charge is 2.49. The monoisotopic (exact) mass is 349 g/mol. The van der Waals surface area contributed by atoms with Gasteiger partial charge >= 0.3 is 6.03 Å². The third-order valence-electron chi connectivity index (χ3n) is 3.60. The second kappa shape index (κ2) is 5.96. The summed E-state index contributed by atoms with van der Waals surface area (Å²) in [6.45, 7) is 1.05. The minimum Gasteiger partial charge on any atom is -0.319 e. The lowest BCUT2D eigenvalue weighted by molar-refractivity contribution is -0.133. The van der Waals surface area contributed by atoms with Crippen molar-refractivity contribution in [3.05, 3.63) is 41.2 Å². The molecule has 0 radical (unpaired) electrons. The van der Waals surface area contributed by atoms with Crippen LogP contribution in [0.1, 0.15) is 12.5 Å². The van der Waals surface area contributed by atoms with E-state index in [1.54, 1.807) is 0 Å². The van der Waals surface area contributed by atoms with Crippen LogP contribution in [0, 0.1) is 5.82 Å². The van der Waals surface area contributed by atoms with E-state index in [4.69, 9.17) is 0 Å². The number of aromatic nitrogens is 2. The Bertz CT molecular complexity index is 795. The van der Waals surface area contributed by atoms with E-state index in [1.165, 1.54) is 36.7 Å². The molecule has 0 unspecified atom stereocenters. The Morgan fingerprint density at radius 3 is 2.71 bits per heavy atom. The summed E-state index contributed by atoms with van der Waals surface area (Å²) in [5.74, 6) is -1.61. The normalized spacial score (nSPS) is 20.2. The van der Waals surface area contributed by atoms with Crippen LogP contribution in [0.2, 0.25) is 0 Å². The number of halogens is 1. The molecule has 0 aliphatic carbocycles. The first-order valence-corrected chi connectivity index (χ1v) is 7.74. The van der Waals surface area contributed by atoms with E-state index in [-0.39, 0.29) is 5.13 Å². The second-order valence-electron chi connectivity index (χ2n) is 5.25. The topological polar surface area (TPSA) is 104 Å². The molecule has 24 heavy (non-hydrogen) atoms. The van der Waals surface area contributed by atoms with Crippen LogP contribution < -0.4 is 10.6 Å². The molecule has 0 spiro atoms. The van der Waals surface area contributed by atoms with Crippen LogP contribution in [0.25, 0.3) is 0 Å². The SMILES string of the molecule is C[C@@]1(c2ccc(F)cc2)NC(=O)N(CC(=O)Nc2nncs2)C1=O. The van der Waals surface area contributed by atoms with E-state index in [0.29, 0.717) is 5.56 Å². The molecular formula is C14H12FN5O3S. The molecule has 2 N–H and O–H groups in total. The summed E-state index contributed by atoms with van der Waals surface area (Å²) in [6.07, 6.45) is 0.